The highest BCUT2D eigenvalue weighted by molar-refractivity contribution is 6.30. The molecule has 0 aliphatic rings. The van der Waals surface area contributed by atoms with E-state index >= 15 is 0 Å². The molecule has 0 amide bonds. The third-order valence-corrected chi connectivity index (χ3v) is 3.36. The number of hydrogen-bond donors (Lipinski definition) is 2. The van der Waals surface area contributed by atoms with E-state index in [4.69, 9.17) is 11.6 Å². The van der Waals surface area contributed by atoms with Gasteiger partial charge in [-0.3, -0.25) is 0 Å². The molecule has 2 N–H and O–H groups in total. The third kappa shape index (κ3) is 3.56. The Kier molecular flexibility index (Phi) is 4.96. The van der Waals surface area contributed by atoms with E-state index in [0.29, 0.717) is 11.6 Å². The lowest BCUT2D eigenvalue weighted by molar-refractivity contribution is 0.242. The highest BCUT2D eigenvalue weighted by Crippen LogP contribution is 2.16. The number of hydrogen-bond acceptors (Lipinski definition) is 3. The second-order valence-electron chi connectivity index (χ2n) is 4.30. The summed E-state index contributed by atoms with van der Waals surface area (Å²) in [6, 6.07) is 7.38. The monoisotopic (exact) mass is 279 g/mol. The molecule has 1 aromatic carbocycles. The first-order chi connectivity index (χ1) is 9.24. The molecule has 1 aromatic heterocycles. The number of aromatic nitrogens is 2. The summed E-state index contributed by atoms with van der Waals surface area (Å²) in [5, 5.41) is 13.5. The molecule has 0 aliphatic heterocycles. The van der Waals surface area contributed by atoms with Gasteiger partial charge in [0.15, 0.2) is 0 Å². The summed E-state index contributed by atoms with van der Waals surface area (Å²) in [6.45, 7) is 3.62. The van der Waals surface area contributed by atoms with Crippen LogP contribution in [0.15, 0.2) is 36.7 Å². The predicted molar refractivity (Wildman–Crippen MR) is 76.0 cm³/mol. The highest BCUT2D eigenvalue weighted by atomic mass is 35.5. The number of rotatable bonds is 6. The molecule has 1 unspecified atom stereocenters. The van der Waals surface area contributed by atoms with Crippen molar-refractivity contribution in [1.82, 2.24) is 14.9 Å². The van der Waals surface area contributed by atoms with E-state index in [1.54, 1.807) is 6.20 Å². The van der Waals surface area contributed by atoms with Gasteiger partial charge >= 0.3 is 0 Å². The van der Waals surface area contributed by atoms with Crippen molar-refractivity contribution in [3.05, 3.63) is 53.1 Å². The number of benzene rings is 1. The number of aliphatic hydroxyl groups excluding tert-OH is 1. The van der Waals surface area contributed by atoms with Gasteiger partial charge in [-0.15, -0.1) is 0 Å². The van der Waals surface area contributed by atoms with Crippen LogP contribution in [0.2, 0.25) is 5.02 Å². The van der Waals surface area contributed by atoms with Crippen LogP contribution in [0.5, 0.6) is 0 Å². The van der Waals surface area contributed by atoms with E-state index in [1.807, 2.05) is 30.5 Å². The standard InChI is InChI=1S/C14H18ClN3O/c1-2-18-8-7-16-14(18)9-17-13(10-19)11-3-5-12(15)6-4-11/h3-8,13,17,19H,2,9-10H2,1H3. The topological polar surface area (TPSA) is 50.1 Å². The first kappa shape index (κ1) is 14.1. The smallest absolute Gasteiger partial charge is 0.122 e. The van der Waals surface area contributed by atoms with Crippen molar-refractivity contribution in [2.75, 3.05) is 6.61 Å². The summed E-state index contributed by atoms with van der Waals surface area (Å²) >= 11 is 5.86. The van der Waals surface area contributed by atoms with E-state index in [0.717, 1.165) is 17.9 Å². The molecule has 0 bridgehead atoms. The number of nitrogens with one attached hydrogen (secondary N) is 1. The zero-order valence-corrected chi connectivity index (χ0v) is 11.6. The molecule has 0 radical (unpaired) electrons. The lowest BCUT2D eigenvalue weighted by Crippen LogP contribution is -2.25. The average Bonchev–Trinajstić information content (AvgIpc) is 2.89. The molecule has 0 fully saturated rings. The van der Waals surface area contributed by atoms with Gasteiger partial charge in [-0.1, -0.05) is 23.7 Å². The number of halogens is 1. The van der Waals surface area contributed by atoms with Gasteiger partial charge in [0.25, 0.3) is 0 Å². The number of nitrogens with zero attached hydrogens (tertiary/aromatic N) is 2. The van der Waals surface area contributed by atoms with E-state index in [9.17, 15) is 5.11 Å². The van der Waals surface area contributed by atoms with Crippen LogP contribution in [-0.2, 0) is 13.1 Å². The van der Waals surface area contributed by atoms with Crippen LogP contribution < -0.4 is 5.32 Å². The first-order valence-corrected chi connectivity index (χ1v) is 6.72. The summed E-state index contributed by atoms with van der Waals surface area (Å²) in [7, 11) is 0. The Hall–Kier alpha value is -1.36. The van der Waals surface area contributed by atoms with E-state index in [1.165, 1.54) is 0 Å². The summed E-state index contributed by atoms with van der Waals surface area (Å²) in [4.78, 5) is 4.30. The van der Waals surface area contributed by atoms with Crippen LogP contribution in [0.3, 0.4) is 0 Å². The van der Waals surface area contributed by atoms with Crippen molar-refractivity contribution in [2.24, 2.45) is 0 Å². The van der Waals surface area contributed by atoms with Crippen LogP contribution in [-0.4, -0.2) is 21.3 Å². The van der Waals surface area contributed by atoms with Crippen molar-refractivity contribution >= 4 is 11.6 Å². The fraction of sp³-hybridized carbons (Fsp3) is 0.357. The predicted octanol–water partition coefficient (Wildman–Crippen LogP) is 2.38. The molecule has 1 heterocycles. The van der Waals surface area contributed by atoms with E-state index in [2.05, 4.69) is 21.8 Å². The minimum atomic E-state index is -0.112. The van der Waals surface area contributed by atoms with Crippen molar-refractivity contribution in [1.29, 1.82) is 0 Å². The van der Waals surface area contributed by atoms with Gasteiger partial charge < -0.3 is 15.0 Å². The number of aryl methyl sites for hydroxylation is 1. The maximum atomic E-state index is 9.48. The van der Waals surface area contributed by atoms with Gasteiger partial charge in [0.2, 0.25) is 0 Å². The molecule has 5 heteroatoms. The maximum Gasteiger partial charge on any atom is 0.122 e. The fourth-order valence-corrected chi connectivity index (χ4v) is 2.12. The lowest BCUT2D eigenvalue weighted by Gasteiger charge is -2.17. The molecular weight excluding hydrogens is 262 g/mol. The Morgan fingerprint density at radius 3 is 2.74 bits per heavy atom. The third-order valence-electron chi connectivity index (χ3n) is 3.10. The molecule has 1 atom stereocenters. The minimum absolute atomic E-state index is 0.0362. The van der Waals surface area contributed by atoms with Gasteiger partial charge in [0, 0.05) is 24.0 Å². The number of aliphatic hydroxyl groups is 1. The Morgan fingerprint density at radius 1 is 1.37 bits per heavy atom. The van der Waals surface area contributed by atoms with E-state index < -0.39 is 0 Å². The number of imidazole rings is 1. The Labute approximate surface area is 118 Å². The maximum absolute atomic E-state index is 9.48. The SMILES string of the molecule is CCn1ccnc1CNC(CO)c1ccc(Cl)cc1. The molecule has 102 valence electrons. The summed E-state index contributed by atoms with van der Waals surface area (Å²) in [6.07, 6.45) is 3.74. The van der Waals surface area contributed by atoms with Crippen LogP contribution in [0.4, 0.5) is 0 Å². The summed E-state index contributed by atoms with van der Waals surface area (Å²) < 4.78 is 2.07. The Balaban J connectivity index is 2.01. The summed E-state index contributed by atoms with van der Waals surface area (Å²) in [5.74, 6) is 0.968. The van der Waals surface area contributed by atoms with Crippen molar-refractivity contribution < 1.29 is 5.11 Å². The lowest BCUT2D eigenvalue weighted by atomic mass is 10.1. The largest absolute Gasteiger partial charge is 0.394 e. The van der Waals surface area contributed by atoms with Gasteiger partial charge in [-0.25, -0.2) is 4.98 Å². The van der Waals surface area contributed by atoms with Crippen molar-refractivity contribution in [3.63, 3.8) is 0 Å². The Bertz CT molecular complexity index is 510. The van der Waals surface area contributed by atoms with Gasteiger partial charge in [0.1, 0.15) is 5.82 Å². The van der Waals surface area contributed by atoms with Crippen LogP contribution in [0, 0.1) is 0 Å². The minimum Gasteiger partial charge on any atom is -0.394 e. The molecule has 2 rings (SSSR count). The first-order valence-electron chi connectivity index (χ1n) is 6.34. The molecule has 2 aromatic rings. The van der Waals surface area contributed by atoms with Crippen LogP contribution >= 0.6 is 11.6 Å². The molecule has 0 spiro atoms. The second kappa shape index (κ2) is 6.70. The second-order valence-corrected chi connectivity index (χ2v) is 4.73. The average molecular weight is 280 g/mol. The quantitative estimate of drug-likeness (QED) is 0.854. The van der Waals surface area contributed by atoms with Crippen LogP contribution in [0.25, 0.3) is 0 Å². The molecule has 0 saturated heterocycles. The van der Waals surface area contributed by atoms with Gasteiger partial charge in [-0.05, 0) is 24.6 Å². The van der Waals surface area contributed by atoms with Crippen molar-refractivity contribution in [3.8, 4) is 0 Å². The molecule has 0 aliphatic carbocycles. The van der Waals surface area contributed by atoms with Crippen LogP contribution in [0.1, 0.15) is 24.4 Å². The normalized spacial score (nSPS) is 12.6. The van der Waals surface area contributed by atoms with Gasteiger partial charge in [0.05, 0.1) is 19.2 Å². The van der Waals surface area contributed by atoms with E-state index in [-0.39, 0.29) is 12.6 Å². The zero-order chi connectivity index (χ0) is 13.7. The van der Waals surface area contributed by atoms with Gasteiger partial charge in [-0.2, -0.15) is 0 Å². The molecular formula is C14H18ClN3O. The molecule has 19 heavy (non-hydrogen) atoms. The molecule has 4 nitrogen and oxygen atoms in total. The van der Waals surface area contributed by atoms with Crippen molar-refractivity contribution in [2.45, 2.75) is 26.1 Å². The Morgan fingerprint density at radius 2 is 2.11 bits per heavy atom. The zero-order valence-electron chi connectivity index (χ0n) is 10.9. The molecule has 0 saturated carbocycles. The highest BCUT2D eigenvalue weighted by Gasteiger charge is 2.11. The fourth-order valence-electron chi connectivity index (χ4n) is 1.99. The summed E-state index contributed by atoms with van der Waals surface area (Å²) in [5.41, 5.74) is 1.02.